The summed E-state index contributed by atoms with van der Waals surface area (Å²) in [6.07, 6.45) is 8.25. The van der Waals surface area contributed by atoms with Crippen molar-refractivity contribution in [2.24, 2.45) is 4.99 Å². The molecule has 0 radical (unpaired) electrons. The molecule has 0 fully saturated rings. The second-order valence-corrected chi connectivity index (χ2v) is 4.42. The Hall–Kier alpha value is -2.04. The molecule has 0 unspecified atom stereocenters. The van der Waals surface area contributed by atoms with E-state index in [4.69, 9.17) is 4.74 Å². The van der Waals surface area contributed by atoms with E-state index >= 15 is 0 Å². The van der Waals surface area contributed by atoms with Gasteiger partial charge in [-0.3, -0.25) is 4.99 Å². The van der Waals surface area contributed by atoms with E-state index in [1.807, 2.05) is 12.1 Å². The highest BCUT2D eigenvalue weighted by Crippen LogP contribution is 2.09. The second kappa shape index (κ2) is 6.78. The lowest BCUT2D eigenvalue weighted by molar-refractivity contribution is 0.397. The zero-order valence-corrected chi connectivity index (χ0v) is 11.4. The number of guanidine groups is 1. The summed E-state index contributed by atoms with van der Waals surface area (Å²) in [7, 11) is 3.40. The highest BCUT2D eigenvalue weighted by Gasteiger charge is 2.11. The Labute approximate surface area is 113 Å². The van der Waals surface area contributed by atoms with Crippen LogP contribution in [0.25, 0.3) is 0 Å². The monoisotopic (exact) mass is 260 g/mol. The van der Waals surface area contributed by atoms with Gasteiger partial charge in [-0.15, -0.1) is 0 Å². The van der Waals surface area contributed by atoms with Crippen LogP contribution < -0.4 is 15.4 Å². The van der Waals surface area contributed by atoms with Crippen molar-refractivity contribution in [1.82, 2.24) is 15.6 Å². The molecule has 1 aromatic rings. The van der Waals surface area contributed by atoms with Gasteiger partial charge >= 0.3 is 0 Å². The fraction of sp³-hybridized carbons (Fsp3) is 0.429. The molecular formula is C14H20N4O. The third kappa shape index (κ3) is 3.98. The van der Waals surface area contributed by atoms with Crippen LogP contribution >= 0.6 is 0 Å². The van der Waals surface area contributed by atoms with Crippen molar-refractivity contribution in [2.45, 2.75) is 25.4 Å². The van der Waals surface area contributed by atoms with E-state index in [9.17, 15) is 0 Å². The van der Waals surface area contributed by atoms with Gasteiger partial charge < -0.3 is 15.4 Å². The minimum atomic E-state index is 0.457. The van der Waals surface area contributed by atoms with E-state index in [-0.39, 0.29) is 0 Å². The molecule has 0 bridgehead atoms. The van der Waals surface area contributed by atoms with Crippen molar-refractivity contribution in [3.8, 4) is 5.88 Å². The van der Waals surface area contributed by atoms with Crippen molar-refractivity contribution in [2.75, 3.05) is 14.2 Å². The normalized spacial score (nSPS) is 15.6. The minimum Gasteiger partial charge on any atom is -0.481 e. The summed E-state index contributed by atoms with van der Waals surface area (Å²) < 4.78 is 5.10. The van der Waals surface area contributed by atoms with Crippen LogP contribution in [-0.4, -0.2) is 31.1 Å². The Bertz CT molecular complexity index is 462. The van der Waals surface area contributed by atoms with Crippen molar-refractivity contribution >= 4 is 5.96 Å². The third-order valence-electron chi connectivity index (χ3n) is 3.04. The number of methoxy groups -OCH3 is 1. The van der Waals surface area contributed by atoms with Crippen LogP contribution in [0.1, 0.15) is 18.4 Å². The molecule has 0 saturated carbocycles. The predicted octanol–water partition coefficient (Wildman–Crippen LogP) is 1.47. The van der Waals surface area contributed by atoms with E-state index in [1.165, 1.54) is 0 Å². The number of ether oxygens (including phenoxy) is 1. The zero-order chi connectivity index (χ0) is 13.5. The molecule has 1 aliphatic rings. The standard InChI is InChI=1S/C14H20N4O/c1-15-14(18-12-5-3-4-6-12)17-10-11-7-8-16-13(9-11)19-2/h3-4,7-9,12H,5-6,10H2,1-2H3,(H2,15,17,18). The van der Waals surface area contributed by atoms with Gasteiger partial charge in [-0.25, -0.2) is 4.98 Å². The number of pyridine rings is 1. The maximum absolute atomic E-state index is 5.10. The van der Waals surface area contributed by atoms with Gasteiger partial charge in [0.25, 0.3) is 0 Å². The number of nitrogens with one attached hydrogen (secondary N) is 2. The smallest absolute Gasteiger partial charge is 0.213 e. The molecule has 1 aromatic heterocycles. The molecule has 0 saturated heterocycles. The maximum atomic E-state index is 5.10. The van der Waals surface area contributed by atoms with Crippen LogP contribution in [0.15, 0.2) is 35.5 Å². The Morgan fingerprint density at radius 2 is 2.26 bits per heavy atom. The van der Waals surface area contributed by atoms with Gasteiger partial charge in [-0.1, -0.05) is 12.2 Å². The van der Waals surface area contributed by atoms with Gasteiger partial charge in [-0.05, 0) is 24.5 Å². The summed E-state index contributed by atoms with van der Waals surface area (Å²) in [5.74, 6) is 1.45. The first-order chi connectivity index (χ1) is 9.31. The fourth-order valence-corrected chi connectivity index (χ4v) is 1.98. The quantitative estimate of drug-likeness (QED) is 0.489. The lowest BCUT2D eigenvalue weighted by atomic mass is 10.2. The van der Waals surface area contributed by atoms with Gasteiger partial charge in [0.15, 0.2) is 5.96 Å². The summed E-state index contributed by atoms with van der Waals surface area (Å²) in [5.41, 5.74) is 1.11. The first kappa shape index (κ1) is 13.4. The Balaban J connectivity index is 1.85. The minimum absolute atomic E-state index is 0.457. The molecule has 2 N–H and O–H groups in total. The summed E-state index contributed by atoms with van der Waals surface area (Å²) in [6.45, 7) is 0.693. The number of hydrogen-bond acceptors (Lipinski definition) is 3. The summed E-state index contributed by atoms with van der Waals surface area (Å²) >= 11 is 0. The number of hydrogen-bond donors (Lipinski definition) is 2. The van der Waals surface area contributed by atoms with Gasteiger partial charge in [0.1, 0.15) is 0 Å². The van der Waals surface area contributed by atoms with E-state index in [1.54, 1.807) is 20.4 Å². The number of aliphatic imine (C=N–C) groups is 1. The highest BCUT2D eigenvalue weighted by molar-refractivity contribution is 5.80. The fourth-order valence-electron chi connectivity index (χ4n) is 1.98. The van der Waals surface area contributed by atoms with Crippen molar-refractivity contribution < 1.29 is 4.74 Å². The number of aromatic nitrogens is 1. The van der Waals surface area contributed by atoms with Crippen LogP contribution in [0, 0.1) is 0 Å². The second-order valence-electron chi connectivity index (χ2n) is 4.42. The lowest BCUT2D eigenvalue weighted by Gasteiger charge is -2.17. The highest BCUT2D eigenvalue weighted by atomic mass is 16.5. The molecule has 1 aliphatic carbocycles. The van der Waals surface area contributed by atoms with Crippen LogP contribution in [-0.2, 0) is 6.54 Å². The Kier molecular flexibility index (Phi) is 4.78. The first-order valence-electron chi connectivity index (χ1n) is 6.43. The van der Waals surface area contributed by atoms with E-state index in [0.717, 1.165) is 24.4 Å². The molecule has 0 amide bonds. The molecule has 19 heavy (non-hydrogen) atoms. The summed E-state index contributed by atoms with van der Waals surface area (Å²) in [4.78, 5) is 8.31. The molecule has 5 heteroatoms. The molecule has 5 nitrogen and oxygen atoms in total. The van der Waals surface area contributed by atoms with Gasteiger partial charge in [0, 0.05) is 31.9 Å². The largest absolute Gasteiger partial charge is 0.481 e. The zero-order valence-electron chi connectivity index (χ0n) is 11.4. The van der Waals surface area contributed by atoms with Gasteiger partial charge in [0.05, 0.1) is 7.11 Å². The molecule has 2 rings (SSSR count). The van der Waals surface area contributed by atoms with Crippen molar-refractivity contribution in [3.05, 3.63) is 36.0 Å². The average Bonchev–Trinajstić information content (AvgIpc) is 2.96. The predicted molar refractivity (Wildman–Crippen MR) is 76.3 cm³/mol. The number of rotatable bonds is 4. The molecular weight excluding hydrogens is 240 g/mol. The topological polar surface area (TPSA) is 58.5 Å². The summed E-state index contributed by atoms with van der Waals surface area (Å²) in [6, 6.07) is 4.33. The molecule has 102 valence electrons. The van der Waals surface area contributed by atoms with Gasteiger partial charge in [0.2, 0.25) is 5.88 Å². The van der Waals surface area contributed by atoms with E-state index in [2.05, 4.69) is 32.8 Å². The first-order valence-corrected chi connectivity index (χ1v) is 6.43. The van der Waals surface area contributed by atoms with E-state index < -0.39 is 0 Å². The van der Waals surface area contributed by atoms with Crippen LogP contribution in [0.3, 0.4) is 0 Å². The van der Waals surface area contributed by atoms with Crippen molar-refractivity contribution in [1.29, 1.82) is 0 Å². The van der Waals surface area contributed by atoms with E-state index in [0.29, 0.717) is 18.5 Å². The Morgan fingerprint density at radius 3 is 2.95 bits per heavy atom. The van der Waals surface area contributed by atoms with Crippen LogP contribution in [0.2, 0.25) is 0 Å². The summed E-state index contributed by atoms with van der Waals surface area (Å²) in [5, 5.41) is 6.69. The van der Waals surface area contributed by atoms with Crippen molar-refractivity contribution in [3.63, 3.8) is 0 Å². The maximum Gasteiger partial charge on any atom is 0.213 e. The number of nitrogens with zero attached hydrogens (tertiary/aromatic N) is 2. The Morgan fingerprint density at radius 1 is 1.47 bits per heavy atom. The third-order valence-corrected chi connectivity index (χ3v) is 3.04. The average molecular weight is 260 g/mol. The van der Waals surface area contributed by atoms with Gasteiger partial charge in [-0.2, -0.15) is 0 Å². The lowest BCUT2D eigenvalue weighted by Crippen LogP contribution is -2.42. The molecule has 0 atom stereocenters. The molecule has 0 aromatic carbocycles. The molecule has 1 heterocycles. The van der Waals surface area contributed by atoms with Crippen LogP contribution in [0.5, 0.6) is 5.88 Å². The van der Waals surface area contributed by atoms with Crippen LogP contribution in [0.4, 0.5) is 0 Å². The SMILES string of the molecule is CN=C(NCc1ccnc(OC)c1)NC1CC=CC1. The molecule has 0 aliphatic heterocycles. The molecule has 0 spiro atoms.